The van der Waals surface area contributed by atoms with Crippen molar-refractivity contribution in [1.29, 1.82) is 0 Å². The number of amides is 1. The molecule has 19 heavy (non-hydrogen) atoms. The Morgan fingerprint density at radius 3 is 2.68 bits per heavy atom. The number of aromatic amines is 1. The fraction of sp³-hybridized carbons (Fsp3) is 0.667. The number of alkyl halides is 1. The van der Waals surface area contributed by atoms with Crippen LogP contribution in [0.4, 0.5) is 9.18 Å². The standard InChI is InChI=1S/C12H19BrFN3O2/c1-8(14)6-17(11(18)19-12(2,3)4)7-10-15-5-9(13)16-10/h5,8H,6-7H2,1-4H3,(H,15,16). The Labute approximate surface area is 120 Å². The molecule has 5 nitrogen and oxygen atoms in total. The van der Waals surface area contributed by atoms with E-state index in [1.807, 2.05) is 0 Å². The maximum Gasteiger partial charge on any atom is 0.410 e. The van der Waals surface area contributed by atoms with E-state index in [-0.39, 0.29) is 13.1 Å². The molecule has 108 valence electrons. The van der Waals surface area contributed by atoms with E-state index in [9.17, 15) is 9.18 Å². The molecular weight excluding hydrogens is 317 g/mol. The topological polar surface area (TPSA) is 58.2 Å². The van der Waals surface area contributed by atoms with Gasteiger partial charge in [0.2, 0.25) is 0 Å². The lowest BCUT2D eigenvalue weighted by atomic mass is 10.2. The highest BCUT2D eigenvalue weighted by Gasteiger charge is 2.24. The zero-order valence-electron chi connectivity index (χ0n) is 11.5. The highest BCUT2D eigenvalue weighted by Crippen LogP contribution is 2.13. The fourth-order valence-corrected chi connectivity index (χ4v) is 1.76. The van der Waals surface area contributed by atoms with Gasteiger partial charge in [-0.15, -0.1) is 0 Å². The van der Waals surface area contributed by atoms with E-state index >= 15 is 0 Å². The molecule has 0 spiro atoms. The lowest BCUT2D eigenvalue weighted by Gasteiger charge is -2.27. The van der Waals surface area contributed by atoms with Crippen LogP contribution in [-0.4, -0.2) is 39.3 Å². The van der Waals surface area contributed by atoms with Gasteiger partial charge in [0, 0.05) is 0 Å². The average molecular weight is 336 g/mol. The summed E-state index contributed by atoms with van der Waals surface area (Å²) in [7, 11) is 0. The number of aromatic nitrogens is 2. The molecule has 1 amide bonds. The van der Waals surface area contributed by atoms with E-state index in [1.54, 1.807) is 27.0 Å². The number of carbonyl (C=O) groups excluding carboxylic acids is 1. The van der Waals surface area contributed by atoms with Gasteiger partial charge in [0.1, 0.15) is 22.2 Å². The summed E-state index contributed by atoms with van der Waals surface area (Å²) in [6, 6.07) is 0. The summed E-state index contributed by atoms with van der Waals surface area (Å²) in [4.78, 5) is 20.3. The van der Waals surface area contributed by atoms with Crippen molar-refractivity contribution in [1.82, 2.24) is 14.9 Å². The second-order valence-corrected chi connectivity index (χ2v) is 6.17. The van der Waals surface area contributed by atoms with Crippen molar-refractivity contribution in [3.05, 3.63) is 16.6 Å². The molecule has 0 aliphatic rings. The van der Waals surface area contributed by atoms with Gasteiger partial charge in [-0.3, -0.25) is 4.90 Å². The van der Waals surface area contributed by atoms with Gasteiger partial charge in [0.25, 0.3) is 0 Å². The molecule has 0 fully saturated rings. The van der Waals surface area contributed by atoms with Crippen LogP contribution in [0.15, 0.2) is 10.8 Å². The number of nitrogens with zero attached hydrogens (tertiary/aromatic N) is 2. The molecule has 1 unspecified atom stereocenters. The van der Waals surface area contributed by atoms with Crippen molar-refractivity contribution < 1.29 is 13.9 Å². The van der Waals surface area contributed by atoms with Gasteiger partial charge in [-0.1, -0.05) is 0 Å². The van der Waals surface area contributed by atoms with Crippen LogP contribution in [0, 0.1) is 0 Å². The van der Waals surface area contributed by atoms with Gasteiger partial charge in [0.15, 0.2) is 0 Å². The first-order valence-corrected chi connectivity index (χ1v) is 6.78. The molecule has 1 aromatic rings. The Hall–Kier alpha value is -1.11. The number of rotatable bonds is 4. The van der Waals surface area contributed by atoms with E-state index in [4.69, 9.17) is 4.74 Å². The zero-order valence-corrected chi connectivity index (χ0v) is 13.1. The minimum absolute atomic E-state index is 0.0345. The summed E-state index contributed by atoms with van der Waals surface area (Å²) in [5, 5.41) is 0. The Morgan fingerprint density at radius 2 is 2.26 bits per heavy atom. The smallest absolute Gasteiger partial charge is 0.410 e. The van der Waals surface area contributed by atoms with Crippen LogP contribution >= 0.6 is 15.9 Å². The second kappa shape index (κ2) is 6.36. The predicted octanol–water partition coefficient (Wildman–Crippen LogP) is 3.27. The number of hydrogen-bond acceptors (Lipinski definition) is 3. The summed E-state index contributed by atoms with van der Waals surface area (Å²) in [5.41, 5.74) is -0.612. The van der Waals surface area contributed by atoms with Crippen LogP contribution in [0.1, 0.15) is 33.5 Å². The Kier molecular flexibility index (Phi) is 5.34. The third-order valence-electron chi connectivity index (χ3n) is 2.06. The summed E-state index contributed by atoms with van der Waals surface area (Å²) in [6.45, 7) is 6.85. The molecule has 1 atom stereocenters. The maximum atomic E-state index is 13.2. The number of carbonyl (C=O) groups is 1. The molecule has 1 aromatic heterocycles. The first-order valence-electron chi connectivity index (χ1n) is 5.99. The summed E-state index contributed by atoms with van der Waals surface area (Å²) in [6.07, 6.45) is -0.1000. The molecule has 0 saturated carbocycles. The summed E-state index contributed by atoms with van der Waals surface area (Å²) in [5.74, 6) is 0.568. The lowest BCUT2D eigenvalue weighted by Crippen LogP contribution is -2.39. The normalized spacial score (nSPS) is 13.2. The molecule has 1 N–H and O–H groups in total. The molecule has 0 aliphatic carbocycles. The Balaban J connectivity index is 2.74. The monoisotopic (exact) mass is 335 g/mol. The summed E-state index contributed by atoms with van der Waals surface area (Å²) < 4.78 is 19.1. The van der Waals surface area contributed by atoms with E-state index < -0.39 is 17.9 Å². The van der Waals surface area contributed by atoms with Gasteiger partial charge < -0.3 is 9.72 Å². The van der Waals surface area contributed by atoms with Gasteiger partial charge >= 0.3 is 6.09 Å². The van der Waals surface area contributed by atoms with Gasteiger partial charge in [-0.25, -0.2) is 14.2 Å². The first kappa shape index (κ1) is 15.9. The number of H-pyrrole nitrogens is 1. The SMILES string of the molecule is CC(F)CN(Cc1ncc(Br)[nH]1)C(=O)OC(C)(C)C. The minimum Gasteiger partial charge on any atom is -0.444 e. The van der Waals surface area contributed by atoms with Crippen LogP contribution in [0.25, 0.3) is 0 Å². The Bertz CT molecular complexity index is 429. The maximum absolute atomic E-state index is 13.2. The van der Waals surface area contributed by atoms with Crippen molar-refractivity contribution in [2.75, 3.05) is 6.54 Å². The van der Waals surface area contributed by atoms with Gasteiger partial charge in [-0.05, 0) is 43.6 Å². The molecular formula is C12H19BrFN3O2. The molecule has 7 heteroatoms. The third kappa shape index (κ3) is 6.04. The fourth-order valence-electron chi connectivity index (χ4n) is 1.43. The van der Waals surface area contributed by atoms with Crippen molar-refractivity contribution in [2.24, 2.45) is 0 Å². The summed E-state index contributed by atoms with van der Waals surface area (Å²) >= 11 is 3.23. The third-order valence-corrected chi connectivity index (χ3v) is 2.46. The molecule has 0 bridgehead atoms. The minimum atomic E-state index is -1.13. The molecule has 0 radical (unpaired) electrons. The number of imidazole rings is 1. The first-order chi connectivity index (χ1) is 8.67. The molecule has 0 aromatic carbocycles. The highest BCUT2D eigenvalue weighted by molar-refractivity contribution is 9.10. The van der Waals surface area contributed by atoms with Crippen LogP contribution < -0.4 is 0 Å². The van der Waals surface area contributed by atoms with Crippen molar-refractivity contribution in [3.8, 4) is 0 Å². The van der Waals surface area contributed by atoms with E-state index in [0.29, 0.717) is 10.4 Å². The number of halogens is 2. The molecule has 0 aliphatic heterocycles. The quantitative estimate of drug-likeness (QED) is 0.918. The largest absolute Gasteiger partial charge is 0.444 e. The number of hydrogen-bond donors (Lipinski definition) is 1. The average Bonchev–Trinajstić information content (AvgIpc) is 2.59. The Morgan fingerprint density at radius 1 is 1.63 bits per heavy atom. The van der Waals surface area contributed by atoms with Crippen molar-refractivity contribution >= 4 is 22.0 Å². The van der Waals surface area contributed by atoms with Crippen LogP contribution in [0.5, 0.6) is 0 Å². The van der Waals surface area contributed by atoms with Crippen molar-refractivity contribution in [2.45, 2.75) is 46.0 Å². The van der Waals surface area contributed by atoms with Crippen LogP contribution in [-0.2, 0) is 11.3 Å². The van der Waals surface area contributed by atoms with Crippen molar-refractivity contribution in [3.63, 3.8) is 0 Å². The van der Waals surface area contributed by atoms with Gasteiger partial charge in [-0.2, -0.15) is 0 Å². The van der Waals surface area contributed by atoms with E-state index in [2.05, 4.69) is 25.9 Å². The molecule has 1 rings (SSSR count). The molecule has 1 heterocycles. The van der Waals surface area contributed by atoms with E-state index in [0.717, 1.165) is 0 Å². The predicted molar refractivity (Wildman–Crippen MR) is 73.5 cm³/mol. The molecule has 0 saturated heterocycles. The zero-order chi connectivity index (χ0) is 14.6. The van der Waals surface area contributed by atoms with Gasteiger partial charge in [0.05, 0.1) is 19.3 Å². The number of nitrogens with one attached hydrogen (secondary N) is 1. The lowest BCUT2D eigenvalue weighted by molar-refractivity contribution is 0.0187. The second-order valence-electron chi connectivity index (χ2n) is 5.32. The highest BCUT2D eigenvalue weighted by atomic mass is 79.9. The van der Waals surface area contributed by atoms with Crippen LogP contribution in [0.2, 0.25) is 0 Å². The van der Waals surface area contributed by atoms with E-state index in [1.165, 1.54) is 11.8 Å². The van der Waals surface area contributed by atoms with Crippen LogP contribution in [0.3, 0.4) is 0 Å². The number of ether oxygens (including phenoxy) is 1.